The number of rotatable bonds is 7. The molecule has 0 bridgehead atoms. The number of furan rings is 1. The number of hydrogen-bond acceptors (Lipinski definition) is 7. The topological polar surface area (TPSA) is 70.4 Å². The van der Waals surface area contributed by atoms with Gasteiger partial charge in [-0.15, -0.1) is 0 Å². The molecule has 2 aromatic rings. The molecule has 7 heteroatoms. The third-order valence-electron chi connectivity index (χ3n) is 5.44. The van der Waals surface area contributed by atoms with E-state index in [1.165, 1.54) is 21.3 Å². The van der Waals surface area contributed by atoms with E-state index < -0.39 is 11.5 Å². The van der Waals surface area contributed by atoms with Crippen LogP contribution in [0.15, 0.2) is 28.9 Å². The zero-order valence-electron chi connectivity index (χ0n) is 17.0. The quantitative estimate of drug-likeness (QED) is 0.673. The summed E-state index contributed by atoms with van der Waals surface area (Å²) in [5.74, 6) is 1.76. The van der Waals surface area contributed by atoms with Crippen molar-refractivity contribution >= 4 is 5.97 Å². The number of ether oxygens (including phenoxy) is 4. The van der Waals surface area contributed by atoms with Gasteiger partial charge in [0, 0.05) is 12.0 Å². The predicted octanol–water partition coefficient (Wildman–Crippen LogP) is 3.26. The average molecular weight is 389 g/mol. The van der Waals surface area contributed by atoms with E-state index in [9.17, 15) is 4.79 Å². The SMILES string of the molecule is COc1cc(C(=O)OCC2(N(C)C)CCCc3occc32)cc(OC)c1OC. The van der Waals surface area contributed by atoms with Crippen LogP contribution < -0.4 is 14.2 Å². The van der Waals surface area contributed by atoms with Gasteiger partial charge in [-0.25, -0.2) is 4.79 Å². The Kier molecular flexibility index (Phi) is 5.84. The van der Waals surface area contributed by atoms with Crippen molar-refractivity contribution in [2.45, 2.75) is 24.8 Å². The Morgan fingerprint density at radius 1 is 1.14 bits per heavy atom. The van der Waals surface area contributed by atoms with E-state index in [2.05, 4.69) is 4.90 Å². The van der Waals surface area contributed by atoms with E-state index >= 15 is 0 Å². The monoisotopic (exact) mass is 389 g/mol. The van der Waals surface area contributed by atoms with E-state index in [-0.39, 0.29) is 6.61 Å². The van der Waals surface area contributed by atoms with Gasteiger partial charge in [0.05, 0.1) is 38.7 Å². The van der Waals surface area contributed by atoms with Crippen molar-refractivity contribution in [1.82, 2.24) is 4.90 Å². The molecule has 0 saturated heterocycles. The molecule has 0 fully saturated rings. The Hall–Kier alpha value is -2.67. The van der Waals surface area contributed by atoms with Gasteiger partial charge < -0.3 is 23.4 Å². The maximum Gasteiger partial charge on any atom is 0.338 e. The first kappa shape index (κ1) is 20.1. The molecule has 0 amide bonds. The van der Waals surface area contributed by atoms with Crippen LogP contribution in [0.3, 0.4) is 0 Å². The molecule has 1 atom stereocenters. The van der Waals surface area contributed by atoms with Gasteiger partial charge in [0.2, 0.25) is 5.75 Å². The van der Waals surface area contributed by atoms with Gasteiger partial charge in [0.25, 0.3) is 0 Å². The number of benzene rings is 1. The van der Waals surface area contributed by atoms with Crippen molar-refractivity contribution in [3.05, 3.63) is 41.3 Å². The summed E-state index contributed by atoms with van der Waals surface area (Å²) in [5, 5.41) is 0. The van der Waals surface area contributed by atoms with Crippen LogP contribution in [-0.2, 0) is 16.7 Å². The number of likely N-dealkylation sites (N-methyl/N-ethyl adjacent to an activating group) is 1. The molecular formula is C21H27NO6. The average Bonchev–Trinajstić information content (AvgIpc) is 3.20. The van der Waals surface area contributed by atoms with Crippen LogP contribution in [0.1, 0.15) is 34.5 Å². The Labute approximate surface area is 165 Å². The van der Waals surface area contributed by atoms with E-state index in [1.807, 2.05) is 20.2 Å². The molecule has 152 valence electrons. The third-order valence-corrected chi connectivity index (χ3v) is 5.44. The van der Waals surface area contributed by atoms with Crippen LogP contribution in [0.4, 0.5) is 0 Å². The Bertz CT molecular complexity index is 818. The molecule has 3 rings (SSSR count). The van der Waals surface area contributed by atoms with Crippen molar-refractivity contribution in [3.63, 3.8) is 0 Å². The minimum atomic E-state index is -0.448. The van der Waals surface area contributed by atoms with E-state index in [4.69, 9.17) is 23.4 Å². The number of carbonyl (C=O) groups is 1. The second kappa shape index (κ2) is 8.14. The van der Waals surface area contributed by atoms with Gasteiger partial charge in [0.1, 0.15) is 12.4 Å². The maximum absolute atomic E-state index is 12.8. The minimum absolute atomic E-state index is 0.224. The van der Waals surface area contributed by atoms with Crippen LogP contribution in [0.2, 0.25) is 0 Å². The fourth-order valence-electron chi connectivity index (χ4n) is 3.84. The number of methoxy groups -OCH3 is 3. The molecule has 0 saturated carbocycles. The maximum atomic E-state index is 12.8. The molecule has 1 aromatic heterocycles. The molecule has 7 nitrogen and oxygen atoms in total. The minimum Gasteiger partial charge on any atom is -0.493 e. The Morgan fingerprint density at radius 2 is 1.82 bits per heavy atom. The lowest BCUT2D eigenvalue weighted by atomic mass is 9.79. The molecule has 0 N–H and O–H groups in total. The van der Waals surface area contributed by atoms with Crippen molar-refractivity contribution in [2.24, 2.45) is 0 Å². The van der Waals surface area contributed by atoms with Gasteiger partial charge in [-0.1, -0.05) is 0 Å². The lowest BCUT2D eigenvalue weighted by Crippen LogP contribution is -2.47. The lowest BCUT2D eigenvalue weighted by Gasteiger charge is -2.41. The molecule has 0 radical (unpaired) electrons. The number of nitrogens with zero attached hydrogens (tertiary/aromatic N) is 1. The highest BCUT2D eigenvalue weighted by Crippen LogP contribution is 2.41. The van der Waals surface area contributed by atoms with Crippen molar-refractivity contribution in [3.8, 4) is 17.2 Å². The van der Waals surface area contributed by atoms with Crippen molar-refractivity contribution in [2.75, 3.05) is 42.0 Å². The van der Waals surface area contributed by atoms with Gasteiger partial charge >= 0.3 is 5.97 Å². The smallest absolute Gasteiger partial charge is 0.338 e. The van der Waals surface area contributed by atoms with Crippen LogP contribution in [-0.4, -0.2) is 52.9 Å². The third kappa shape index (κ3) is 3.42. The molecule has 1 unspecified atom stereocenters. The van der Waals surface area contributed by atoms with Gasteiger partial charge in [-0.05, 0) is 45.1 Å². The standard InChI is InChI=1S/C21H27NO6/c1-22(2)21(9-6-7-16-15(21)8-10-27-16)13-28-20(23)14-11-17(24-3)19(26-5)18(12-14)25-4/h8,10-12H,6-7,9,13H2,1-5H3. The summed E-state index contributed by atoms with van der Waals surface area (Å²) in [6.07, 6.45) is 4.46. The van der Waals surface area contributed by atoms with E-state index in [0.29, 0.717) is 22.8 Å². The summed E-state index contributed by atoms with van der Waals surface area (Å²) < 4.78 is 27.3. The summed E-state index contributed by atoms with van der Waals surface area (Å²) in [7, 11) is 8.53. The predicted molar refractivity (Wildman–Crippen MR) is 103 cm³/mol. The Morgan fingerprint density at radius 3 is 2.39 bits per heavy atom. The molecular weight excluding hydrogens is 362 g/mol. The van der Waals surface area contributed by atoms with Crippen LogP contribution in [0.25, 0.3) is 0 Å². The molecule has 1 aliphatic carbocycles. The number of aryl methyl sites for hydroxylation is 1. The van der Waals surface area contributed by atoms with Gasteiger partial charge in [-0.3, -0.25) is 4.90 Å². The fraction of sp³-hybridized carbons (Fsp3) is 0.476. The highest BCUT2D eigenvalue weighted by Gasteiger charge is 2.41. The highest BCUT2D eigenvalue weighted by molar-refractivity contribution is 5.91. The summed E-state index contributed by atoms with van der Waals surface area (Å²) >= 11 is 0. The second-order valence-electron chi connectivity index (χ2n) is 7.03. The number of carbonyl (C=O) groups excluding carboxylic acids is 1. The van der Waals surface area contributed by atoms with Crippen LogP contribution in [0, 0.1) is 0 Å². The molecule has 1 aromatic carbocycles. The first-order valence-electron chi connectivity index (χ1n) is 9.18. The lowest BCUT2D eigenvalue weighted by molar-refractivity contribution is 0.00600. The van der Waals surface area contributed by atoms with Crippen molar-refractivity contribution < 1.29 is 28.2 Å². The second-order valence-corrected chi connectivity index (χ2v) is 7.03. The molecule has 1 aliphatic rings. The summed E-state index contributed by atoms with van der Waals surface area (Å²) in [4.78, 5) is 14.9. The Balaban J connectivity index is 1.86. The van der Waals surface area contributed by atoms with Gasteiger partial charge in [0.15, 0.2) is 11.5 Å². The van der Waals surface area contributed by atoms with E-state index in [0.717, 1.165) is 30.6 Å². The molecule has 28 heavy (non-hydrogen) atoms. The fourth-order valence-corrected chi connectivity index (χ4v) is 3.84. The largest absolute Gasteiger partial charge is 0.493 e. The zero-order valence-corrected chi connectivity index (χ0v) is 17.0. The summed E-state index contributed by atoms with van der Waals surface area (Å²) in [5.41, 5.74) is 1.02. The van der Waals surface area contributed by atoms with Crippen molar-refractivity contribution in [1.29, 1.82) is 0 Å². The van der Waals surface area contributed by atoms with Gasteiger partial charge in [-0.2, -0.15) is 0 Å². The molecule has 1 heterocycles. The molecule has 0 spiro atoms. The normalized spacial score (nSPS) is 18.5. The summed E-state index contributed by atoms with van der Waals surface area (Å²) in [6, 6.07) is 5.16. The first-order chi connectivity index (χ1) is 13.5. The zero-order chi connectivity index (χ0) is 20.3. The van der Waals surface area contributed by atoms with Crippen LogP contribution in [0.5, 0.6) is 17.2 Å². The van der Waals surface area contributed by atoms with E-state index in [1.54, 1.807) is 18.4 Å². The highest BCUT2D eigenvalue weighted by atomic mass is 16.5. The van der Waals surface area contributed by atoms with Crippen LogP contribution >= 0.6 is 0 Å². The number of fused-ring (bicyclic) bond motifs is 1. The first-order valence-corrected chi connectivity index (χ1v) is 9.18. The number of hydrogen-bond donors (Lipinski definition) is 0. The number of esters is 1. The summed E-state index contributed by atoms with van der Waals surface area (Å²) in [6.45, 7) is 0.224. The molecule has 0 aliphatic heterocycles.